The number of pyridine rings is 1. The van der Waals surface area contributed by atoms with Crippen molar-refractivity contribution in [1.29, 1.82) is 0 Å². The van der Waals surface area contributed by atoms with E-state index in [9.17, 15) is 44.1 Å². The quantitative estimate of drug-likeness (QED) is 0.0756. The molecule has 0 saturated heterocycles. The number of aromatic nitrogens is 5. The van der Waals surface area contributed by atoms with E-state index < -0.39 is 112 Å². The minimum absolute atomic E-state index is 0.00154. The molecule has 0 bridgehead atoms. The molecular formula is C41H36ClF10N7O2S3. The molecule has 1 N–H and O–H groups in total. The number of amides is 1. The number of carbonyl (C=O) groups excluding carboxylic acids is 1. The summed E-state index contributed by atoms with van der Waals surface area (Å²) in [5, 5.41) is 10.1. The lowest BCUT2D eigenvalue weighted by molar-refractivity contribution is -0.143. The van der Waals surface area contributed by atoms with Crippen LogP contribution >= 0.6 is 35.3 Å². The maximum atomic E-state index is 15.7. The molecule has 0 aliphatic heterocycles. The Morgan fingerprint density at radius 1 is 1.02 bits per heavy atom. The summed E-state index contributed by atoms with van der Waals surface area (Å²) < 4.78 is 161. The average molecular weight is 980 g/mol. The summed E-state index contributed by atoms with van der Waals surface area (Å²) in [4.78, 5) is 18.8. The van der Waals surface area contributed by atoms with Gasteiger partial charge in [0, 0.05) is 47.1 Å². The van der Waals surface area contributed by atoms with Gasteiger partial charge in [-0.2, -0.15) is 45.3 Å². The van der Waals surface area contributed by atoms with Gasteiger partial charge in [0.2, 0.25) is 5.91 Å². The molecule has 5 unspecified atom stereocenters. The predicted octanol–water partition coefficient (Wildman–Crippen LogP) is 10.2. The number of nitrogens with one attached hydrogen (secondary N) is 1. The van der Waals surface area contributed by atoms with Crippen LogP contribution in [0.4, 0.5) is 49.7 Å². The normalized spacial score (nSPS) is 18.9. The van der Waals surface area contributed by atoms with Crippen LogP contribution in [0.3, 0.4) is 0 Å². The van der Waals surface area contributed by atoms with Crippen LogP contribution in [-0.4, -0.2) is 64.4 Å². The van der Waals surface area contributed by atoms with Crippen molar-refractivity contribution in [2.75, 3.05) is 22.5 Å². The number of alkyl halides is 8. The molecule has 3 heterocycles. The number of benzene rings is 2. The predicted molar refractivity (Wildman–Crippen MR) is 226 cm³/mol. The van der Waals surface area contributed by atoms with Crippen molar-refractivity contribution in [2.45, 2.75) is 75.3 Å². The van der Waals surface area contributed by atoms with Crippen molar-refractivity contribution in [1.82, 2.24) is 29.9 Å². The highest BCUT2D eigenvalue weighted by atomic mass is 35.5. The van der Waals surface area contributed by atoms with E-state index in [1.54, 1.807) is 0 Å². The standard InChI is InChI=1S/C41H36ClF10N7O2S3/c1-19-29-31-35(41(50,51)52)55-57(36(31)40(48,49)32(19)29)17-28(60)54-27(15-20-13-21(43)16-22(44)14-20)33-24(8-7-23(53-33)11-12-38(2,3)62-4)25-9-10-26(42)30-34(25)58(18-39(45,46)47)56-37(30)59(63-5)64(6)61/h7-10,13-14,16,19,27,29,32H,15,17-18H2,1-6H3,(H,54,60). The van der Waals surface area contributed by atoms with Crippen LogP contribution in [0.1, 0.15) is 66.6 Å². The number of halogens is 11. The molecule has 0 spiro atoms. The highest BCUT2D eigenvalue weighted by molar-refractivity contribution is 8.11. The van der Waals surface area contributed by atoms with Crippen LogP contribution in [0.25, 0.3) is 22.0 Å². The smallest absolute Gasteiger partial charge is 0.346 e. The second-order valence-corrected chi connectivity index (χ2v) is 19.8. The number of hydrogen-bond donors (Lipinski definition) is 1. The summed E-state index contributed by atoms with van der Waals surface area (Å²) in [7, 11) is -1.84. The summed E-state index contributed by atoms with van der Waals surface area (Å²) >= 11 is 8.96. The maximum Gasteiger partial charge on any atom is 0.435 e. The van der Waals surface area contributed by atoms with E-state index in [1.165, 1.54) is 55.5 Å². The number of nitrogens with zero attached hydrogens (tertiary/aromatic N) is 6. The van der Waals surface area contributed by atoms with Crippen LogP contribution in [0.2, 0.25) is 5.02 Å². The van der Waals surface area contributed by atoms with Gasteiger partial charge in [0.1, 0.15) is 47.1 Å². The number of rotatable bonds is 12. The molecule has 5 atom stereocenters. The molecule has 0 radical (unpaired) electrons. The highest BCUT2D eigenvalue weighted by Crippen LogP contribution is 2.71. The first-order valence-corrected chi connectivity index (χ1v) is 23.4. The van der Waals surface area contributed by atoms with Gasteiger partial charge in [-0.05, 0) is 86.2 Å². The van der Waals surface area contributed by atoms with Gasteiger partial charge in [0.15, 0.2) is 11.5 Å². The van der Waals surface area contributed by atoms with Crippen LogP contribution in [0.5, 0.6) is 0 Å². The van der Waals surface area contributed by atoms with Gasteiger partial charge in [-0.25, -0.2) is 21.7 Å². The molecule has 3 aromatic heterocycles. The fourth-order valence-corrected chi connectivity index (χ4v) is 10.1. The SMILES string of the molecule is CSN(c1nn(CC(F)(F)F)c2c(-c3ccc(C#CC(C)(C)SC)nc3C(Cc3cc(F)cc(F)c3)NC(=O)Cn3nc(C(F)(F)F)c4c3C(F)(F)C3C(C)C43)ccc(Cl)c12)S(C)=O. The summed E-state index contributed by atoms with van der Waals surface area (Å²) in [6.45, 7) is 2.20. The molecule has 9 nitrogen and oxygen atoms in total. The van der Waals surface area contributed by atoms with Crippen LogP contribution in [0, 0.1) is 35.3 Å². The first-order chi connectivity index (χ1) is 29.8. The molecule has 7 rings (SSSR count). The van der Waals surface area contributed by atoms with Gasteiger partial charge >= 0.3 is 12.4 Å². The summed E-state index contributed by atoms with van der Waals surface area (Å²) in [5.74, 6) is -4.55. The third-order valence-electron chi connectivity index (χ3n) is 11.0. The first kappa shape index (κ1) is 47.5. The zero-order chi connectivity index (χ0) is 47.0. The summed E-state index contributed by atoms with van der Waals surface area (Å²) in [6, 6.07) is 6.46. The lowest BCUT2D eigenvalue weighted by Gasteiger charge is -2.23. The zero-order valence-corrected chi connectivity index (χ0v) is 37.6. The van der Waals surface area contributed by atoms with Crippen molar-refractivity contribution >= 4 is 68.9 Å². The molecule has 64 heavy (non-hydrogen) atoms. The van der Waals surface area contributed by atoms with E-state index >= 15 is 8.78 Å². The number of anilines is 1. The molecule has 23 heteroatoms. The van der Waals surface area contributed by atoms with Crippen molar-refractivity contribution in [3.8, 4) is 23.0 Å². The van der Waals surface area contributed by atoms with E-state index in [2.05, 4.69) is 27.4 Å². The van der Waals surface area contributed by atoms with Crippen LogP contribution < -0.4 is 9.03 Å². The zero-order valence-electron chi connectivity index (χ0n) is 34.4. The third kappa shape index (κ3) is 9.18. The highest BCUT2D eigenvalue weighted by Gasteiger charge is 2.72. The topological polar surface area (TPSA) is 97.9 Å². The Kier molecular flexibility index (Phi) is 12.7. The Labute approximate surface area is 375 Å². The van der Waals surface area contributed by atoms with E-state index in [1.807, 2.05) is 20.1 Å². The molecule has 342 valence electrons. The summed E-state index contributed by atoms with van der Waals surface area (Å²) in [6.07, 6.45) is -5.91. The van der Waals surface area contributed by atoms with E-state index in [-0.39, 0.29) is 49.8 Å². The van der Waals surface area contributed by atoms with Crippen molar-refractivity contribution < 1.29 is 52.9 Å². The Morgan fingerprint density at radius 2 is 1.67 bits per heavy atom. The maximum absolute atomic E-state index is 15.7. The van der Waals surface area contributed by atoms with E-state index in [0.29, 0.717) is 15.4 Å². The molecular weight excluding hydrogens is 944 g/mol. The monoisotopic (exact) mass is 979 g/mol. The van der Waals surface area contributed by atoms with Crippen LogP contribution in [-0.2, 0) is 47.4 Å². The van der Waals surface area contributed by atoms with Gasteiger partial charge in [0.25, 0.3) is 5.92 Å². The van der Waals surface area contributed by atoms with E-state index in [0.717, 1.165) is 27.8 Å². The number of thioether (sulfide) groups is 1. The van der Waals surface area contributed by atoms with Crippen molar-refractivity contribution in [3.05, 3.63) is 93.0 Å². The second kappa shape index (κ2) is 17.1. The number of hydrogen-bond acceptors (Lipinski definition) is 7. The largest absolute Gasteiger partial charge is 0.435 e. The van der Waals surface area contributed by atoms with Gasteiger partial charge in [0.05, 0.1) is 32.4 Å². The average Bonchev–Trinajstić information content (AvgIpc) is 3.40. The van der Waals surface area contributed by atoms with Crippen molar-refractivity contribution in [2.24, 2.45) is 11.8 Å². The van der Waals surface area contributed by atoms with Crippen LogP contribution in [0.15, 0.2) is 42.5 Å². The molecule has 2 aliphatic carbocycles. The first-order valence-electron chi connectivity index (χ1n) is 19.1. The molecule has 2 aromatic carbocycles. The fraction of sp³-hybridized carbons (Fsp3) is 0.415. The molecule has 1 fully saturated rings. The minimum Gasteiger partial charge on any atom is -0.346 e. The summed E-state index contributed by atoms with van der Waals surface area (Å²) in [5.41, 5.74) is -3.72. The van der Waals surface area contributed by atoms with Gasteiger partial charge < -0.3 is 5.32 Å². The van der Waals surface area contributed by atoms with Gasteiger partial charge in [-0.15, -0.1) is 11.8 Å². The third-order valence-corrected chi connectivity index (χ3v) is 14.6. The molecule has 1 amide bonds. The lowest BCUT2D eigenvalue weighted by Crippen LogP contribution is -2.35. The van der Waals surface area contributed by atoms with Gasteiger partial charge in [-0.3, -0.25) is 14.2 Å². The Bertz CT molecular complexity index is 2740. The second-order valence-electron chi connectivity index (χ2n) is 15.8. The van der Waals surface area contributed by atoms with Crippen molar-refractivity contribution in [3.63, 3.8) is 0 Å². The Morgan fingerprint density at radius 3 is 2.27 bits per heavy atom. The fourth-order valence-electron chi connectivity index (χ4n) is 8.15. The number of carbonyl (C=O) groups is 1. The Balaban J connectivity index is 1.44. The molecule has 5 aromatic rings. The minimum atomic E-state index is -5.14. The Hall–Kier alpha value is -4.46. The molecule has 1 saturated carbocycles. The lowest BCUT2D eigenvalue weighted by atomic mass is 9.93. The van der Waals surface area contributed by atoms with E-state index in [4.69, 9.17) is 16.6 Å². The molecule has 2 aliphatic rings. The number of fused-ring (bicyclic) bond motifs is 4. The van der Waals surface area contributed by atoms with Gasteiger partial charge in [-0.1, -0.05) is 30.5 Å².